The van der Waals surface area contributed by atoms with E-state index in [9.17, 15) is 14.4 Å². The number of aromatic nitrogens is 1. The molecule has 0 saturated heterocycles. The summed E-state index contributed by atoms with van der Waals surface area (Å²) in [5.41, 5.74) is 0.872. The zero-order chi connectivity index (χ0) is 20.6. The third-order valence-corrected chi connectivity index (χ3v) is 3.35. The number of nitrogens with zero attached hydrogens (tertiary/aromatic N) is 1. The van der Waals surface area contributed by atoms with Crippen LogP contribution in [0.4, 0.5) is 10.5 Å². The number of nitrogens with one attached hydrogen (secondary N) is 3. The quantitative estimate of drug-likeness (QED) is 0.661. The Bertz CT molecular complexity index is 838. The molecule has 1 aromatic carbocycles. The van der Waals surface area contributed by atoms with Gasteiger partial charge < -0.3 is 20.7 Å². The molecule has 2 aromatic rings. The molecule has 0 saturated carbocycles. The molecule has 0 atom stereocenters. The van der Waals surface area contributed by atoms with E-state index in [-0.39, 0.29) is 14.5 Å². The number of rotatable bonds is 6. The molecule has 0 aliphatic heterocycles. The fraction of sp³-hybridized carbons (Fsp3) is 0.300. The first kappa shape index (κ1) is 20.9. The van der Waals surface area contributed by atoms with Gasteiger partial charge in [-0.25, -0.2) is 4.79 Å². The summed E-state index contributed by atoms with van der Waals surface area (Å²) in [6.07, 6.45) is 1.65. The molecular weight excluding hydrogens is 360 g/mol. The Balaban J connectivity index is 0.00000420. The highest BCUT2D eigenvalue weighted by Gasteiger charge is 2.17. The molecule has 0 fully saturated rings. The van der Waals surface area contributed by atoms with Crippen molar-refractivity contribution in [2.75, 3.05) is 11.9 Å². The molecule has 1 aromatic heterocycles. The number of esters is 1. The fourth-order valence-electron chi connectivity index (χ4n) is 2.22. The fourth-order valence-corrected chi connectivity index (χ4v) is 2.22. The molecule has 0 unspecified atom stereocenters. The summed E-state index contributed by atoms with van der Waals surface area (Å²) in [7, 11) is 0. The summed E-state index contributed by atoms with van der Waals surface area (Å²) in [5.74, 6) is -0.965. The zero-order valence-corrected chi connectivity index (χ0v) is 16.1. The second-order valence-corrected chi connectivity index (χ2v) is 6.98. The lowest BCUT2D eigenvalue weighted by molar-refractivity contribution is -0.153. The molecule has 0 radical (unpaired) electrons. The second kappa shape index (κ2) is 9.50. The lowest BCUT2D eigenvalue weighted by Gasteiger charge is -2.19. The number of hydrogen-bond donors (Lipinski definition) is 3. The van der Waals surface area contributed by atoms with Gasteiger partial charge >= 0.3 is 12.0 Å². The number of anilines is 1. The maximum Gasteiger partial charge on any atom is 0.325 e. The van der Waals surface area contributed by atoms with Crippen molar-refractivity contribution in [2.24, 2.45) is 0 Å². The predicted octanol–water partition coefficient (Wildman–Crippen LogP) is 2.72. The Morgan fingerprint density at radius 1 is 1.07 bits per heavy atom. The first-order chi connectivity index (χ1) is 13.2. The lowest BCUT2D eigenvalue weighted by atomic mass is 10.2. The number of amides is 3. The van der Waals surface area contributed by atoms with Gasteiger partial charge in [0.2, 0.25) is 0 Å². The highest BCUT2D eigenvalue weighted by molar-refractivity contribution is 5.98. The van der Waals surface area contributed by atoms with Gasteiger partial charge in [-0.2, -0.15) is 0 Å². The SMILES string of the molecule is CC(C)(C)OC(=O)CNC(=O)c1cccc(NC(=O)NCc2ccccn2)c1.[HH]. The number of urea groups is 1. The van der Waals surface area contributed by atoms with Gasteiger partial charge in [0.25, 0.3) is 5.91 Å². The number of ether oxygens (including phenoxy) is 1. The highest BCUT2D eigenvalue weighted by Crippen LogP contribution is 2.11. The van der Waals surface area contributed by atoms with Gasteiger partial charge in [0.05, 0.1) is 12.2 Å². The van der Waals surface area contributed by atoms with Crippen molar-refractivity contribution >= 4 is 23.6 Å². The summed E-state index contributed by atoms with van der Waals surface area (Å²) in [4.78, 5) is 40.0. The smallest absolute Gasteiger partial charge is 0.325 e. The van der Waals surface area contributed by atoms with E-state index in [2.05, 4.69) is 20.9 Å². The van der Waals surface area contributed by atoms with Crippen LogP contribution in [0.5, 0.6) is 0 Å². The van der Waals surface area contributed by atoms with Crippen molar-refractivity contribution < 1.29 is 20.5 Å². The van der Waals surface area contributed by atoms with Crippen LogP contribution in [0.15, 0.2) is 48.7 Å². The predicted molar refractivity (Wildman–Crippen MR) is 107 cm³/mol. The van der Waals surface area contributed by atoms with E-state index >= 15 is 0 Å². The standard InChI is InChI=1S/C20H24N4O4.H2/c1-20(2,3)28-17(25)13-22-18(26)14-7-6-9-15(11-14)24-19(27)23-12-16-8-4-5-10-21-16;/h4-11H,12-13H2,1-3H3,(H,22,26)(H2,23,24,27);1H. The van der Waals surface area contributed by atoms with Gasteiger partial charge in [0.15, 0.2) is 0 Å². The van der Waals surface area contributed by atoms with E-state index in [1.54, 1.807) is 57.3 Å². The monoisotopic (exact) mass is 386 g/mol. The minimum Gasteiger partial charge on any atom is -0.459 e. The van der Waals surface area contributed by atoms with Crippen molar-refractivity contribution in [1.82, 2.24) is 15.6 Å². The van der Waals surface area contributed by atoms with E-state index < -0.39 is 23.5 Å². The molecule has 28 heavy (non-hydrogen) atoms. The van der Waals surface area contributed by atoms with Crippen molar-refractivity contribution in [3.8, 4) is 0 Å². The highest BCUT2D eigenvalue weighted by atomic mass is 16.6. The minimum absolute atomic E-state index is 0. The number of carbonyl (C=O) groups is 3. The molecule has 8 nitrogen and oxygen atoms in total. The molecule has 0 spiro atoms. The Morgan fingerprint density at radius 3 is 2.54 bits per heavy atom. The topological polar surface area (TPSA) is 109 Å². The van der Waals surface area contributed by atoms with E-state index in [0.717, 1.165) is 5.69 Å². The van der Waals surface area contributed by atoms with Gasteiger partial charge in [-0.1, -0.05) is 12.1 Å². The normalized spacial score (nSPS) is 10.7. The summed E-state index contributed by atoms with van der Waals surface area (Å²) < 4.78 is 5.14. The number of pyridine rings is 1. The van der Waals surface area contributed by atoms with Crippen LogP contribution in [0.3, 0.4) is 0 Å². The van der Waals surface area contributed by atoms with Gasteiger partial charge in [-0.3, -0.25) is 14.6 Å². The van der Waals surface area contributed by atoms with Gasteiger partial charge in [-0.15, -0.1) is 0 Å². The molecule has 0 aliphatic rings. The van der Waals surface area contributed by atoms with E-state index in [1.807, 2.05) is 6.07 Å². The molecule has 0 bridgehead atoms. The van der Waals surface area contributed by atoms with Crippen molar-refractivity contribution in [3.63, 3.8) is 0 Å². The summed E-state index contributed by atoms with van der Waals surface area (Å²) in [5, 5.41) is 7.84. The van der Waals surface area contributed by atoms with Crippen LogP contribution < -0.4 is 16.0 Å². The van der Waals surface area contributed by atoms with Crippen molar-refractivity contribution in [1.29, 1.82) is 0 Å². The van der Waals surface area contributed by atoms with Crippen LogP contribution in [0.25, 0.3) is 0 Å². The van der Waals surface area contributed by atoms with Crippen molar-refractivity contribution in [3.05, 3.63) is 59.9 Å². The minimum atomic E-state index is -0.617. The Labute approximate surface area is 165 Å². The van der Waals surface area contributed by atoms with E-state index in [1.165, 1.54) is 6.07 Å². The zero-order valence-electron chi connectivity index (χ0n) is 16.1. The number of carbonyl (C=O) groups excluding carboxylic acids is 3. The van der Waals surface area contributed by atoms with Crippen LogP contribution in [-0.4, -0.2) is 35.0 Å². The van der Waals surface area contributed by atoms with E-state index in [4.69, 9.17) is 4.74 Å². The van der Waals surface area contributed by atoms with Crippen molar-refractivity contribution in [2.45, 2.75) is 32.9 Å². The van der Waals surface area contributed by atoms with Crippen LogP contribution in [0.2, 0.25) is 0 Å². The van der Waals surface area contributed by atoms with Gasteiger partial charge in [0.1, 0.15) is 12.1 Å². The van der Waals surface area contributed by atoms with Crippen LogP contribution >= 0.6 is 0 Å². The maximum atomic E-state index is 12.2. The van der Waals surface area contributed by atoms with Crippen LogP contribution in [-0.2, 0) is 16.1 Å². The first-order valence-corrected chi connectivity index (χ1v) is 8.78. The molecule has 2 rings (SSSR count). The average molecular weight is 386 g/mol. The van der Waals surface area contributed by atoms with Gasteiger partial charge in [0, 0.05) is 18.9 Å². The van der Waals surface area contributed by atoms with Crippen LogP contribution in [0.1, 0.15) is 38.2 Å². The first-order valence-electron chi connectivity index (χ1n) is 8.78. The maximum absolute atomic E-state index is 12.2. The average Bonchev–Trinajstić information content (AvgIpc) is 2.64. The summed E-state index contributed by atoms with van der Waals surface area (Å²) >= 11 is 0. The summed E-state index contributed by atoms with van der Waals surface area (Å²) in [6.45, 7) is 5.30. The third kappa shape index (κ3) is 7.45. The Morgan fingerprint density at radius 2 is 1.86 bits per heavy atom. The Hall–Kier alpha value is -3.42. The molecule has 8 heteroatoms. The van der Waals surface area contributed by atoms with Gasteiger partial charge in [-0.05, 0) is 51.1 Å². The number of benzene rings is 1. The largest absolute Gasteiger partial charge is 0.459 e. The number of hydrogen-bond acceptors (Lipinski definition) is 5. The molecule has 0 aliphatic carbocycles. The van der Waals surface area contributed by atoms with E-state index in [0.29, 0.717) is 11.3 Å². The molecular formula is C20H26N4O4. The molecule has 150 valence electrons. The lowest BCUT2D eigenvalue weighted by Crippen LogP contribution is -2.34. The molecule has 3 amide bonds. The summed E-state index contributed by atoms with van der Waals surface area (Å²) in [6, 6.07) is 11.4. The second-order valence-electron chi connectivity index (χ2n) is 6.98. The molecule has 1 heterocycles. The Kier molecular flexibility index (Phi) is 7.08. The molecule has 3 N–H and O–H groups in total. The third-order valence-electron chi connectivity index (χ3n) is 3.35. The van der Waals surface area contributed by atoms with Crippen LogP contribution in [0, 0.1) is 0 Å².